The van der Waals surface area contributed by atoms with Crippen molar-refractivity contribution < 1.29 is 9.53 Å². The molecule has 3 N–H and O–H groups in total. The fourth-order valence-corrected chi connectivity index (χ4v) is 2.12. The van der Waals surface area contributed by atoms with Crippen LogP contribution >= 0.6 is 0 Å². The zero-order valence-corrected chi connectivity index (χ0v) is 13.2. The van der Waals surface area contributed by atoms with Crippen LogP contribution in [0.3, 0.4) is 0 Å². The van der Waals surface area contributed by atoms with E-state index in [0.717, 1.165) is 16.9 Å². The predicted molar refractivity (Wildman–Crippen MR) is 89.0 cm³/mol. The Bertz CT molecular complexity index is 649. The number of carbonyl (C=O) groups is 1. The minimum atomic E-state index is -0.118. The summed E-state index contributed by atoms with van der Waals surface area (Å²) < 4.78 is 5.59. The molecule has 2 aromatic carbocycles. The number of aryl methyl sites for hydroxylation is 1. The molecular weight excluding hydrogens is 276 g/mol. The molecule has 0 atom stereocenters. The molecule has 4 heteroatoms. The highest BCUT2D eigenvalue weighted by molar-refractivity contribution is 5.96. The number of hydrogen-bond donors (Lipinski definition) is 2. The lowest BCUT2D eigenvalue weighted by molar-refractivity contribution is 0.0950. The van der Waals surface area contributed by atoms with Gasteiger partial charge in [-0.25, -0.2) is 0 Å². The maximum Gasteiger partial charge on any atom is 0.251 e. The fourth-order valence-electron chi connectivity index (χ4n) is 2.12. The van der Waals surface area contributed by atoms with Crippen molar-refractivity contribution in [1.82, 2.24) is 5.32 Å². The Balaban J connectivity index is 1.97. The molecule has 22 heavy (non-hydrogen) atoms. The highest BCUT2D eigenvalue weighted by Crippen LogP contribution is 2.15. The van der Waals surface area contributed by atoms with E-state index < -0.39 is 0 Å². The van der Waals surface area contributed by atoms with E-state index in [4.69, 9.17) is 10.5 Å². The van der Waals surface area contributed by atoms with Gasteiger partial charge in [0.2, 0.25) is 0 Å². The summed E-state index contributed by atoms with van der Waals surface area (Å²) >= 11 is 0. The molecule has 4 nitrogen and oxygen atoms in total. The zero-order valence-electron chi connectivity index (χ0n) is 13.2. The van der Waals surface area contributed by atoms with Crippen LogP contribution in [0.4, 0.5) is 5.69 Å². The lowest BCUT2D eigenvalue weighted by Gasteiger charge is -2.11. The number of benzene rings is 2. The van der Waals surface area contributed by atoms with Gasteiger partial charge in [0, 0.05) is 17.8 Å². The Kier molecular flexibility index (Phi) is 5.04. The van der Waals surface area contributed by atoms with E-state index in [9.17, 15) is 4.79 Å². The van der Waals surface area contributed by atoms with Crippen LogP contribution in [0.2, 0.25) is 0 Å². The number of nitrogen functional groups attached to an aromatic ring is 1. The van der Waals surface area contributed by atoms with Gasteiger partial charge in [-0.05, 0) is 56.2 Å². The Morgan fingerprint density at radius 1 is 1.18 bits per heavy atom. The topological polar surface area (TPSA) is 64.4 Å². The first-order valence-corrected chi connectivity index (χ1v) is 7.35. The minimum Gasteiger partial charge on any atom is -0.491 e. The summed E-state index contributed by atoms with van der Waals surface area (Å²) in [6.07, 6.45) is 0.150. The lowest BCUT2D eigenvalue weighted by atomic mass is 10.1. The van der Waals surface area contributed by atoms with Crippen LogP contribution in [-0.4, -0.2) is 12.0 Å². The fraction of sp³-hybridized carbons (Fsp3) is 0.278. The molecule has 116 valence electrons. The molecule has 0 saturated carbocycles. The number of hydrogen-bond acceptors (Lipinski definition) is 3. The van der Waals surface area contributed by atoms with Crippen molar-refractivity contribution in [3.8, 4) is 5.75 Å². The van der Waals surface area contributed by atoms with Gasteiger partial charge in [0.25, 0.3) is 5.91 Å². The van der Waals surface area contributed by atoms with Crippen LogP contribution in [0.5, 0.6) is 5.75 Å². The van der Waals surface area contributed by atoms with Gasteiger partial charge >= 0.3 is 0 Å². The number of amides is 1. The van der Waals surface area contributed by atoms with Gasteiger partial charge in [0.1, 0.15) is 5.75 Å². The predicted octanol–water partition coefficient (Wildman–Crippen LogP) is 3.29. The monoisotopic (exact) mass is 298 g/mol. The third-order valence-corrected chi connectivity index (χ3v) is 3.25. The number of nitrogens with one attached hydrogen (secondary N) is 1. The third kappa shape index (κ3) is 4.25. The van der Waals surface area contributed by atoms with Crippen molar-refractivity contribution in [2.45, 2.75) is 33.4 Å². The molecule has 0 spiro atoms. The summed E-state index contributed by atoms with van der Waals surface area (Å²) in [6.45, 7) is 6.34. The summed E-state index contributed by atoms with van der Waals surface area (Å²) in [5.74, 6) is 0.712. The summed E-state index contributed by atoms with van der Waals surface area (Å²) in [5.41, 5.74) is 8.86. The second-order valence-corrected chi connectivity index (χ2v) is 5.57. The van der Waals surface area contributed by atoms with E-state index >= 15 is 0 Å². The van der Waals surface area contributed by atoms with Crippen molar-refractivity contribution in [2.75, 3.05) is 5.73 Å². The summed E-state index contributed by atoms with van der Waals surface area (Å²) in [4.78, 5) is 12.2. The normalized spacial score (nSPS) is 10.5. The summed E-state index contributed by atoms with van der Waals surface area (Å²) in [7, 11) is 0. The molecule has 0 fully saturated rings. The van der Waals surface area contributed by atoms with Crippen molar-refractivity contribution in [3.05, 3.63) is 59.2 Å². The van der Waals surface area contributed by atoms with Crippen LogP contribution in [0.1, 0.15) is 35.3 Å². The molecule has 0 heterocycles. The maximum atomic E-state index is 12.2. The van der Waals surface area contributed by atoms with E-state index in [1.54, 1.807) is 12.1 Å². The standard InChI is InChI=1S/C18H22N2O2/c1-12(2)22-16-8-5-14(6-9-16)11-20-18(21)17-10-15(19)7-4-13(17)3/h4-10,12H,11,19H2,1-3H3,(H,20,21). The Labute approximate surface area is 131 Å². The van der Waals surface area contributed by atoms with E-state index in [-0.39, 0.29) is 12.0 Å². The van der Waals surface area contributed by atoms with Crippen LogP contribution in [0, 0.1) is 6.92 Å². The van der Waals surface area contributed by atoms with E-state index in [2.05, 4.69) is 5.32 Å². The second kappa shape index (κ2) is 6.98. The van der Waals surface area contributed by atoms with Crippen LogP contribution in [0.15, 0.2) is 42.5 Å². The molecule has 0 unspecified atom stereocenters. The van der Waals surface area contributed by atoms with Crippen molar-refractivity contribution >= 4 is 11.6 Å². The molecule has 0 aromatic heterocycles. The van der Waals surface area contributed by atoms with Gasteiger partial charge in [-0.1, -0.05) is 18.2 Å². The molecule has 0 saturated heterocycles. The van der Waals surface area contributed by atoms with Crippen LogP contribution in [0.25, 0.3) is 0 Å². The molecule has 1 amide bonds. The largest absolute Gasteiger partial charge is 0.491 e. The van der Waals surface area contributed by atoms with Gasteiger partial charge in [0.05, 0.1) is 6.10 Å². The first kappa shape index (κ1) is 15.9. The lowest BCUT2D eigenvalue weighted by Crippen LogP contribution is -2.23. The maximum absolute atomic E-state index is 12.2. The molecule has 0 aliphatic heterocycles. The minimum absolute atomic E-state index is 0.118. The number of ether oxygens (including phenoxy) is 1. The third-order valence-electron chi connectivity index (χ3n) is 3.25. The van der Waals surface area contributed by atoms with Crippen molar-refractivity contribution in [2.24, 2.45) is 0 Å². The average Bonchev–Trinajstić information content (AvgIpc) is 2.48. The summed E-state index contributed by atoms with van der Waals surface area (Å²) in [5, 5.41) is 2.91. The second-order valence-electron chi connectivity index (χ2n) is 5.57. The highest BCUT2D eigenvalue weighted by atomic mass is 16.5. The number of anilines is 1. The van der Waals surface area contributed by atoms with Crippen molar-refractivity contribution in [1.29, 1.82) is 0 Å². The SMILES string of the molecule is Cc1ccc(N)cc1C(=O)NCc1ccc(OC(C)C)cc1. The van der Waals surface area contributed by atoms with Gasteiger partial charge in [0.15, 0.2) is 0 Å². The first-order valence-electron chi connectivity index (χ1n) is 7.35. The average molecular weight is 298 g/mol. The van der Waals surface area contributed by atoms with Crippen LogP contribution in [-0.2, 0) is 6.54 Å². The van der Waals surface area contributed by atoms with E-state index in [0.29, 0.717) is 17.8 Å². The molecular formula is C18H22N2O2. The van der Waals surface area contributed by atoms with Crippen molar-refractivity contribution in [3.63, 3.8) is 0 Å². The van der Waals surface area contributed by atoms with Crippen LogP contribution < -0.4 is 15.8 Å². The smallest absolute Gasteiger partial charge is 0.251 e. The molecule has 0 radical (unpaired) electrons. The number of nitrogens with two attached hydrogens (primary N) is 1. The zero-order chi connectivity index (χ0) is 16.1. The Morgan fingerprint density at radius 2 is 1.86 bits per heavy atom. The molecule has 0 aliphatic carbocycles. The Morgan fingerprint density at radius 3 is 2.50 bits per heavy atom. The van der Waals surface area contributed by atoms with Gasteiger partial charge in [-0.3, -0.25) is 4.79 Å². The van der Waals surface area contributed by atoms with Gasteiger partial charge in [-0.15, -0.1) is 0 Å². The van der Waals surface area contributed by atoms with Gasteiger partial charge in [-0.2, -0.15) is 0 Å². The number of carbonyl (C=O) groups excluding carboxylic acids is 1. The highest BCUT2D eigenvalue weighted by Gasteiger charge is 2.09. The quantitative estimate of drug-likeness (QED) is 0.832. The summed E-state index contributed by atoms with van der Waals surface area (Å²) in [6, 6.07) is 13.1. The molecule has 2 aromatic rings. The molecule has 2 rings (SSSR count). The Hall–Kier alpha value is -2.49. The first-order chi connectivity index (χ1) is 10.5. The number of rotatable bonds is 5. The van der Waals surface area contributed by atoms with E-state index in [1.165, 1.54) is 0 Å². The molecule has 0 aliphatic rings. The van der Waals surface area contributed by atoms with E-state index in [1.807, 2.05) is 51.1 Å². The van der Waals surface area contributed by atoms with Gasteiger partial charge < -0.3 is 15.8 Å². The molecule has 0 bridgehead atoms.